The number of nitrogens with zero attached hydrogens (tertiary/aromatic N) is 1. The lowest BCUT2D eigenvalue weighted by molar-refractivity contribution is -0.129. The van der Waals surface area contributed by atoms with Crippen molar-refractivity contribution >= 4 is 44.8 Å². The minimum atomic E-state index is -0.800. The predicted octanol–water partition coefficient (Wildman–Crippen LogP) is 4.63. The first-order valence-corrected chi connectivity index (χ1v) is 10.7. The molecule has 27 heavy (non-hydrogen) atoms. The van der Waals surface area contributed by atoms with Crippen molar-refractivity contribution in [2.45, 2.75) is 44.8 Å². The monoisotopic (exact) mass is 400 g/mol. The van der Waals surface area contributed by atoms with Gasteiger partial charge < -0.3 is 10.1 Å². The molecule has 1 aliphatic rings. The molecular formula is C20H20N2O3S2. The normalized spacial score (nSPS) is 15.7. The number of nitrogens with one attached hydrogen (secondary N) is 1. The molecule has 3 aromatic rings. The van der Waals surface area contributed by atoms with E-state index >= 15 is 0 Å². The topological polar surface area (TPSA) is 68.3 Å². The second kappa shape index (κ2) is 7.78. The van der Waals surface area contributed by atoms with Crippen molar-refractivity contribution in [1.29, 1.82) is 0 Å². The van der Waals surface area contributed by atoms with E-state index in [0.29, 0.717) is 4.88 Å². The Labute approximate surface area is 165 Å². The highest BCUT2D eigenvalue weighted by Crippen LogP contribution is 2.34. The first-order chi connectivity index (χ1) is 13.1. The van der Waals surface area contributed by atoms with Gasteiger partial charge in [0.25, 0.3) is 5.91 Å². The number of para-hydroxylation sites is 1. The molecule has 0 saturated heterocycles. The Bertz CT molecular complexity index is 939. The van der Waals surface area contributed by atoms with Crippen molar-refractivity contribution in [3.8, 4) is 9.88 Å². The zero-order valence-electron chi connectivity index (χ0n) is 14.9. The molecule has 1 atom stereocenters. The number of fused-ring (bicyclic) bond motifs is 1. The molecular weight excluding hydrogens is 380 g/mol. The summed E-state index contributed by atoms with van der Waals surface area (Å²) in [5, 5.41) is 3.84. The second-order valence-electron chi connectivity index (χ2n) is 6.69. The fourth-order valence-corrected chi connectivity index (χ4v) is 5.11. The van der Waals surface area contributed by atoms with E-state index in [4.69, 9.17) is 4.74 Å². The average molecular weight is 401 g/mol. The summed E-state index contributed by atoms with van der Waals surface area (Å²) in [6, 6.07) is 11.8. The maximum Gasteiger partial charge on any atom is 0.349 e. The van der Waals surface area contributed by atoms with Crippen molar-refractivity contribution in [3.05, 3.63) is 41.3 Å². The number of carbonyl (C=O) groups is 2. The molecule has 140 valence electrons. The third kappa shape index (κ3) is 4.04. The van der Waals surface area contributed by atoms with Gasteiger partial charge in [-0.1, -0.05) is 25.0 Å². The average Bonchev–Trinajstić information content (AvgIpc) is 3.40. The van der Waals surface area contributed by atoms with Crippen LogP contribution < -0.4 is 5.32 Å². The van der Waals surface area contributed by atoms with Gasteiger partial charge in [0.05, 0.1) is 15.1 Å². The molecule has 1 fully saturated rings. The summed E-state index contributed by atoms with van der Waals surface area (Å²) in [5.41, 5.74) is 0.951. The number of carbonyl (C=O) groups excluding carboxylic acids is 2. The summed E-state index contributed by atoms with van der Waals surface area (Å²) < 4.78 is 6.47. The van der Waals surface area contributed by atoms with Gasteiger partial charge in [0.2, 0.25) is 0 Å². The lowest BCUT2D eigenvalue weighted by Crippen LogP contribution is -2.40. The highest BCUT2D eigenvalue weighted by atomic mass is 32.1. The third-order valence-electron chi connectivity index (χ3n) is 4.67. The number of hydrogen-bond acceptors (Lipinski definition) is 6. The molecule has 0 spiro atoms. The maximum atomic E-state index is 12.4. The van der Waals surface area contributed by atoms with Crippen molar-refractivity contribution in [3.63, 3.8) is 0 Å². The van der Waals surface area contributed by atoms with Gasteiger partial charge in [0.1, 0.15) is 9.88 Å². The van der Waals surface area contributed by atoms with Crippen LogP contribution in [0.1, 0.15) is 42.3 Å². The van der Waals surface area contributed by atoms with Crippen LogP contribution in [0.25, 0.3) is 20.1 Å². The number of hydrogen-bond donors (Lipinski definition) is 1. The van der Waals surface area contributed by atoms with Crippen molar-refractivity contribution in [1.82, 2.24) is 10.3 Å². The third-order valence-corrected chi connectivity index (χ3v) is 6.94. The van der Waals surface area contributed by atoms with Crippen LogP contribution in [-0.2, 0) is 9.53 Å². The Morgan fingerprint density at radius 3 is 2.70 bits per heavy atom. The van der Waals surface area contributed by atoms with E-state index in [1.807, 2.05) is 30.3 Å². The molecule has 7 heteroatoms. The van der Waals surface area contributed by atoms with E-state index in [9.17, 15) is 9.59 Å². The summed E-state index contributed by atoms with van der Waals surface area (Å²) in [6.45, 7) is 1.62. The summed E-state index contributed by atoms with van der Waals surface area (Å²) in [7, 11) is 0. The van der Waals surface area contributed by atoms with Crippen LogP contribution in [0, 0.1) is 0 Å². The molecule has 1 saturated carbocycles. The Morgan fingerprint density at radius 2 is 1.93 bits per heavy atom. The number of esters is 1. The highest BCUT2D eigenvalue weighted by Gasteiger charge is 2.24. The van der Waals surface area contributed by atoms with E-state index in [0.717, 1.165) is 45.8 Å². The summed E-state index contributed by atoms with van der Waals surface area (Å²) in [5.74, 6) is -0.695. The van der Waals surface area contributed by atoms with E-state index < -0.39 is 12.1 Å². The van der Waals surface area contributed by atoms with Crippen LogP contribution in [0.3, 0.4) is 0 Å². The van der Waals surface area contributed by atoms with Gasteiger partial charge in [-0.25, -0.2) is 9.78 Å². The largest absolute Gasteiger partial charge is 0.448 e. The molecule has 2 heterocycles. The molecule has 0 aliphatic heterocycles. The van der Waals surface area contributed by atoms with Gasteiger partial charge in [-0.15, -0.1) is 22.7 Å². The number of rotatable bonds is 5. The summed E-state index contributed by atoms with van der Waals surface area (Å²) in [6.07, 6.45) is 3.49. The van der Waals surface area contributed by atoms with E-state index in [1.165, 1.54) is 11.3 Å². The Morgan fingerprint density at radius 1 is 1.15 bits per heavy atom. The number of thiazole rings is 1. The molecule has 0 bridgehead atoms. The number of benzene rings is 1. The van der Waals surface area contributed by atoms with Crippen LogP contribution in [0.4, 0.5) is 0 Å². The predicted molar refractivity (Wildman–Crippen MR) is 108 cm³/mol. The Kier molecular flexibility index (Phi) is 5.22. The quantitative estimate of drug-likeness (QED) is 0.634. The fourth-order valence-electron chi connectivity index (χ4n) is 3.20. The lowest BCUT2D eigenvalue weighted by Gasteiger charge is -2.16. The number of aromatic nitrogens is 1. The molecule has 5 nitrogen and oxygen atoms in total. The zero-order valence-corrected chi connectivity index (χ0v) is 16.6. The lowest BCUT2D eigenvalue weighted by atomic mass is 10.2. The van der Waals surface area contributed by atoms with Crippen LogP contribution in [0.15, 0.2) is 36.4 Å². The Balaban J connectivity index is 1.41. The zero-order chi connectivity index (χ0) is 18.8. The molecule has 1 aromatic carbocycles. The van der Waals surface area contributed by atoms with Crippen LogP contribution in [0.5, 0.6) is 0 Å². The Hall–Kier alpha value is -2.25. The van der Waals surface area contributed by atoms with Crippen molar-refractivity contribution in [2.24, 2.45) is 0 Å². The molecule has 1 unspecified atom stereocenters. The van der Waals surface area contributed by atoms with Gasteiger partial charge >= 0.3 is 5.97 Å². The first kappa shape index (κ1) is 18.1. The van der Waals surface area contributed by atoms with Gasteiger partial charge in [-0.05, 0) is 44.0 Å². The van der Waals surface area contributed by atoms with E-state index in [1.54, 1.807) is 24.3 Å². The van der Waals surface area contributed by atoms with Gasteiger partial charge in [-0.3, -0.25) is 4.79 Å². The molecule has 0 radical (unpaired) electrons. The first-order valence-electron chi connectivity index (χ1n) is 9.07. The fraction of sp³-hybridized carbons (Fsp3) is 0.350. The minimum Gasteiger partial charge on any atom is -0.448 e. The standard InChI is InChI=1S/C20H20N2O3S2/c1-12(18(23)21-13-6-2-3-7-13)25-20(24)17-11-10-16(26-17)19-22-14-8-4-5-9-15(14)27-19/h4-5,8-13H,2-3,6-7H2,1H3,(H,21,23). The summed E-state index contributed by atoms with van der Waals surface area (Å²) in [4.78, 5) is 30.6. The van der Waals surface area contributed by atoms with E-state index in [2.05, 4.69) is 10.3 Å². The smallest absolute Gasteiger partial charge is 0.349 e. The number of ether oxygens (including phenoxy) is 1. The molecule has 1 amide bonds. The number of amides is 1. The van der Waals surface area contributed by atoms with Crippen LogP contribution in [-0.4, -0.2) is 29.0 Å². The van der Waals surface area contributed by atoms with Gasteiger partial charge in [0, 0.05) is 6.04 Å². The molecule has 1 N–H and O–H groups in total. The molecule has 2 aromatic heterocycles. The SMILES string of the molecule is CC(OC(=O)c1ccc(-c2nc3ccccc3s2)s1)C(=O)NC1CCCC1. The van der Waals surface area contributed by atoms with Crippen LogP contribution >= 0.6 is 22.7 Å². The van der Waals surface area contributed by atoms with Crippen LogP contribution in [0.2, 0.25) is 0 Å². The molecule has 1 aliphatic carbocycles. The van der Waals surface area contributed by atoms with Crippen molar-refractivity contribution in [2.75, 3.05) is 0 Å². The van der Waals surface area contributed by atoms with Gasteiger partial charge in [0.15, 0.2) is 6.10 Å². The number of thiophene rings is 1. The molecule has 4 rings (SSSR count). The van der Waals surface area contributed by atoms with E-state index in [-0.39, 0.29) is 11.9 Å². The van der Waals surface area contributed by atoms with Gasteiger partial charge in [-0.2, -0.15) is 0 Å². The minimum absolute atomic E-state index is 0.214. The summed E-state index contributed by atoms with van der Waals surface area (Å²) >= 11 is 2.93. The second-order valence-corrected chi connectivity index (χ2v) is 8.80. The highest BCUT2D eigenvalue weighted by molar-refractivity contribution is 7.26. The van der Waals surface area contributed by atoms with Crippen molar-refractivity contribution < 1.29 is 14.3 Å². The maximum absolute atomic E-state index is 12.4.